The molecule has 0 N–H and O–H groups in total. The van der Waals surface area contributed by atoms with Gasteiger partial charge in [-0.25, -0.2) is 14.7 Å². The fraction of sp³-hybridized carbons (Fsp3) is 0.526. The van der Waals surface area contributed by atoms with Gasteiger partial charge in [-0.2, -0.15) is 8.42 Å². The molecule has 3 heterocycles. The first kappa shape index (κ1) is 24.5. The predicted octanol–water partition coefficient (Wildman–Crippen LogP) is 1.41. The summed E-state index contributed by atoms with van der Waals surface area (Å²) in [5, 5.41) is 4.87. The van der Waals surface area contributed by atoms with E-state index in [1.807, 2.05) is 0 Å². The summed E-state index contributed by atoms with van der Waals surface area (Å²) >= 11 is 0. The van der Waals surface area contributed by atoms with Crippen LogP contribution in [0.2, 0.25) is 0 Å². The first-order chi connectivity index (χ1) is 16.4. The molecule has 0 aromatic heterocycles. The molecule has 1 aromatic rings. The summed E-state index contributed by atoms with van der Waals surface area (Å²) in [7, 11) is -4.16. The molecular formula is C19H20N4O11S. The Morgan fingerprint density at radius 1 is 1.31 bits per heavy atom. The van der Waals surface area contributed by atoms with Crippen molar-refractivity contribution in [2.24, 2.45) is 5.11 Å². The van der Waals surface area contributed by atoms with Gasteiger partial charge >= 0.3 is 18.1 Å². The summed E-state index contributed by atoms with van der Waals surface area (Å²) < 4.78 is 50.3. The van der Waals surface area contributed by atoms with Crippen molar-refractivity contribution in [3.05, 3.63) is 33.7 Å². The Hall–Kier alpha value is -3.59. The van der Waals surface area contributed by atoms with Crippen molar-refractivity contribution in [1.29, 1.82) is 0 Å². The van der Waals surface area contributed by atoms with Crippen LogP contribution in [-0.2, 0) is 49.5 Å². The second-order valence-electron chi connectivity index (χ2n) is 7.98. The number of benzene rings is 1. The van der Waals surface area contributed by atoms with E-state index in [2.05, 4.69) is 10.0 Å². The zero-order valence-electron chi connectivity index (χ0n) is 18.7. The number of carbonyl (C=O) groups excluding carboxylic acids is 3. The largest absolute Gasteiger partial charge is 0.511 e. The summed E-state index contributed by atoms with van der Waals surface area (Å²) in [4.78, 5) is 44.1. The maximum atomic E-state index is 12.2. The topological polar surface area (TPSA) is 193 Å². The van der Waals surface area contributed by atoms with E-state index in [9.17, 15) is 22.8 Å². The Bertz CT molecular complexity index is 1250. The highest BCUT2D eigenvalue weighted by Crippen LogP contribution is 2.55. The number of anilines is 1. The summed E-state index contributed by atoms with van der Waals surface area (Å²) in [6, 6.07) is 1.84. The van der Waals surface area contributed by atoms with E-state index in [0.29, 0.717) is 11.3 Å². The minimum Gasteiger partial charge on any atom is -0.461 e. The van der Waals surface area contributed by atoms with Crippen molar-refractivity contribution in [2.75, 3.05) is 24.5 Å². The number of hydrogen-bond acceptors (Lipinski definition) is 13. The molecule has 2 saturated heterocycles. The number of rotatable bonds is 6. The van der Waals surface area contributed by atoms with Crippen molar-refractivity contribution in [1.82, 2.24) is 0 Å². The summed E-state index contributed by atoms with van der Waals surface area (Å²) in [5.41, 5.74) is 10.1. The van der Waals surface area contributed by atoms with Crippen LogP contribution in [0.3, 0.4) is 0 Å². The molecular weight excluding hydrogens is 492 g/mol. The Balaban J connectivity index is 1.94. The van der Waals surface area contributed by atoms with E-state index in [4.69, 9.17) is 33.5 Å². The van der Waals surface area contributed by atoms with Gasteiger partial charge in [0.15, 0.2) is 6.10 Å². The molecule has 1 aromatic carbocycles. The van der Waals surface area contributed by atoms with E-state index >= 15 is 0 Å². The van der Waals surface area contributed by atoms with E-state index in [1.54, 1.807) is 6.07 Å². The lowest BCUT2D eigenvalue weighted by atomic mass is 9.79. The van der Waals surface area contributed by atoms with Crippen LogP contribution < -0.4 is 9.80 Å². The van der Waals surface area contributed by atoms with Crippen LogP contribution >= 0.6 is 0 Å². The number of hydroxylamine groups is 1. The number of cyclic esters (lactones) is 1. The van der Waals surface area contributed by atoms with Crippen molar-refractivity contribution < 1.29 is 50.8 Å². The van der Waals surface area contributed by atoms with Gasteiger partial charge in [0.2, 0.25) is 0 Å². The molecule has 0 radical (unpaired) electrons. The number of ether oxygens (including phenoxy) is 4. The maximum absolute atomic E-state index is 12.2. The van der Waals surface area contributed by atoms with Crippen LogP contribution in [0.5, 0.6) is 5.75 Å². The predicted molar refractivity (Wildman–Crippen MR) is 112 cm³/mol. The second kappa shape index (κ2) is 8.88. The molecule has 0 unspecified atom stereocenters. The van der Waals surface area contributed by atoms with Gasteiger partial charge in [0.1, 0.15) is 19.0 Å². The fourth-order valence-corrected chi connectivity index (χ4v) is 4.92. The molecule has 0 amide bonds. The van der Waals surface area contributed by atoms with Crippen LogP contribution in [0.25, 0.3) is 10.4 Å². The number of carbonyl (C=O) groups is 3. The molecule has 0 aliphatic carbocycles. The molecule has 3 aliphatic rings. The molecule has 1 spiro atoms. The quantitative estimate of drug-likeness (QED) is 0.133. The van der Waals surface area contributed by atoms with Gasteiger partial charge in [-0.05, 0) is 23.2 Å². The maximum Gasteiger partial charge on any atom is 0.511 e. The van der Waals surface area contributed by atoms with Crippen LogP contribution in [0.15, 0.2) is 17.2 Å². The Labute approximate surface area is 198 Å². The first-order valence-electron chi connectivity index (χ1n) is 10.2. The number of fused-ring (bicyclic) bond motifs is 4. The van der Waals surface area contributed by atoms with Gasteiger partial charge in [0.25, 0.3) is 15.9 Å². The number of hydrogen-bond donors (Lipinski definition) is 0. The zero-order valence-corrected chi connectivity index (χ0v) is 19.5. The first-order valence-corrected chi connectivity index (χ1v) is 12.0. The van der Waals surface area contributed by atoms with E-state index in [1.165, 1.54) is 25.0 Å². The molecule has 4 atom stereocenters. The average molecular weight is 512 g/mol. The Kier molecular flexibility index (Phi) is 6.23. The Morgan fingerprint density at radius 2 is 2.06 bits per heavy atom. The molecule has 188 valence electrons. The highest BCUT2D eigenvalue weighted by atomic mass is 32.2. The smallest absolute Gasteiger partial charge is 0.461 e. The monoisotopic (exact) mass is 512 g/mol. The van der Waals surface area contributed by atoms with Gasteiger partial charge in [-0.3, -0.25) is 13.8 Å². The third-order valence-corrected chi connectivity index (χ3v) is 5.98. The minimum atomic E-state index is -4.16. The lowest BCUT2D eigenvalue weighted by molar-refractivity contribution is -0.317. The zero-order chi connectivity index (χ0) is 25.5. The normalized spacial score (nSPS) is 26.8. The van der Waals surface area contributed by atoms with Crippen molar-refractivity contribution in [2.45, 2.75) is 44.3 Å². The second-order valence-corrected chi connectivity index (χ2v) is 9.58. The number of esters is 2. The lowest BCUT2D eigenvalue weighted by Gasteiger charge is -2.56. The Morgan fingerprint density at radius 3 is 2.69 bits per heavy atom. The molecule has 15 nitrogen and oxygen atoms in total. The third-order valence-electron chi connectivity index (χ3n) is 5.42. The number of nitrogens with zero attached hydrogens (tertiary/aromatic N) is 4. The minimum absolute atomic E-state index is 0.0155. The van der Waals surface area contributed by atoms with Gasteiger partial charge in [0, 0.05) is 24.3 Å². The van der Waals surface area contributed by atoms with Crippen LogP contribution in [0.4, 0.5) is 10.5 Å². The summed E-state index contributed by atoms with van der Waals surface area (Å²) in [5.74, 6) is -4.42. The van der Waals surface area contributed by atoms with E-state index < -0.39 is 52.1 Å². The van der Waals surface area contributed by atoms with E-state index in [-0.39, 0.29) is 31.1 Å². The van der Waals surface area contributed by atoms with Gasteiger partial charge < -0.3 is 18.9 Å². The van der Waals surface area contributed by atoms with Crippen molar-refractivity contribution >= 4 is 33.9 Å². The summed E-state index contributed by atoms with van der Waals surface area (Å²) in [6.07, 6.45) is -1.99. The average Bonchev–Trinajstić information content (AvgIpc) is 2.74. The highest BCUT2D eigenvalue weighted by Gasteiger charge is 2.66. The van der Waals surface area contributed by atoms with Crippen molar-refractivity contribution in [3.8, 4) is 5.75 Å². The van der Waals surface area contributed by atoms with Crippen LogP contribution in [-0.4, -0.2) is 63.9 Å². The molecule has 3 aliphatic heterocycles. The van der Waals surface area contributed by atoms with Crippen LogP contribution in [0, 0.1) is 0 Å². The molecule has 4 rings (SSSR count). The van der Waals surface area contributed by atoms with Gasteiger partial charge in [-0.15, -0.1) is 0 Å². The fourth-order valence-electron chi connectivity index (χ4n) is 4.28. The highest BCUT2D eigenvalue weighted by molar-refractivity contribution is 7.86. The molecule has 2 fully saturated rings. The SMILES string of the molecule is CC(=O)OCc1cc(OC(C)=O)c2c(c1)N1C[C@H](N=[N+]=[N-])[C@@H](OS(C)(=O)=O)[C@]3(OC(=O)OC[C@@H]23)O1. The van der Waals surface area contributed by atoms with E-state index in [0.717, 1.165) is 6.26 Å². The third kappa shape index (κ3) is 4.68. The van der Waals surface area contributed by atoms with Crippen molar-refractivity contribution in [3.63, 3.8) is 0 Å². The van der Waals surface area contributed by atoms with Crippen LogP contribution in [0.1, 0.15) is 30.9 Å². The standard InChI is InChI=1S/C19H20N4O11S/c1-9(24)29-7-11-4-14-16(15(5-11)31-10(2)25)12-8-30-18(26)32-19(12)17(33-35(3,27)28)13(21-22-20)6-23(14)34-19/h4-5,12-13,17H,6-8H2,1-3H3/t12-,13-,17+,19+/m0/s1. The summed E-state index contributed by atoms with van der Waals surface area (Å²) in [6.45, 7) is 1.65. The van der Waals surface area contributed by atoms with Gasteiger partial charge in [0.05, 0.1) is 30.4 Å². The molecule has 16 heteroatoms. The molecule has 0 saturated carbocycles. The van der Waals surface area contributed by atoms with Gasteiger partial charge in [-0.1, -0.05) is 5.11 Å². The molecule has 2 bridgehead atoms. The number of azide groups is 1. The lowest BCUT2D eigenvalue weighted by Crippen LogP contribution is -2.70. The molecule has 35 heavy (non-hydrogen) atoms.